The summed E-state index contributed by atoms with van der Waals surface area (Å²) in [6, 6.07) is 12.2. The van der Waals surface area contributed by atoms with E-state index < -0.39 is 0 Å². The summed E-state index contributed by atoms with van der Waals surface area (Å²) < 4.78 is 5.92. The lowest BCUT2D eigenvalue weighted by molar-refractivity contribution is 0.0877. The quantitative estimate of drug-likeness (QED) is 0.718. The van der Waals surface area contributed by atoms with E-state index in [9.17, 15) is 4.79 Å². The number of furan rings is 1. The van der Waals surface area contributed by atoms with Crippen molar-refractivity contribution in [1.82, 2.24) is 4.90 Å². The zero-order valence-electron chi connectivity index (χ0n) is 12.9. The lowest BCUT2D eigenvalue weighted by Gasteiger charge is -2.25. The molecule has 1 unspecified atom stereocenters. The standard InChI is InChI=1S/C19H19NO2/c1-20(2)11-13-8-7-12-9-16-14-5-3-4-6-17(14)22-18(16)10-15(12)19(13)21/h3-6,9-10,13H,7-8,11H2,1-2H3. The Morgan fingerprint density at radius 1 is 1.14 bits per heavy atom. The first-order valence-corrected chi connectivity index (χ1v) is 7.76. The predicted octanol–water partition coefficient (Wildman–Crippen LogP) is 3.89. The minimum absolute atomic E-state index is 0.101. The minimum atomic E-state index is 0.101. The maximum atomic E-state index is 12.7. The summed E-state index contributed by atoms with van der Waals surface area (Å²) in [6.45, 7) is 0.816. The van der Waals surface area contributed by atoms with E-state index in [2.05, 4.69) is 17.0 Å². The predicted molar refractivity (Wildman–Crippen MR) is 88.4 cm³/mol. The number of nitrogens with zero attached hydrogens (tertiary/aromatic N) is 1. The molecule has 0 bridgehead atoms. The smallest absolute Gasteiger partial charge is 0.167 e. The van der Waals surface area contributed by atoms with Crippen LogP contribution in [-0.2, 0) is 6.42 Å². The zero-order valence-corrected chi connectivity index (χ0v) is 12.9. The van der Waals surface area contributed by atoms with E-state index in [1.807, 2.05) is 38.4 Å². The van der Waals surface area contributed by atoms with Gasteiger partial charge in [-0.05, 0) is 50.7 Å². The molecule has 1 aliphatic carbocycles. The molecular weight excluding hydrogens is 274 g/mol. The van der Waals surface area contributed by atoms with E-state index >= 15 is 0 Å². The van der Waals surface area contributed by atoms with Crippen LogP contribution in [0.15, 0.2) is 40.8 Å². The van der Waals surface area contributed by atoms with Gasteiger partial charge in [0.15, 0.2) is 5.78 Å². The molecule has 0 spiro atoms. The number of ketones is 1. The van der Waals surface area contributed by atoms with E-state index in [1.165, 1.54) is 5.56 Å². The number of hydrogen-bond acceptors (Lipinski definition) is 3. The number of fused-ring (bicyclic) bond motifs is 4. The normalized spacial score (nSPS) is 18.3. The number of aryl methyl sites for hydroxylation is 1. The summed E-state index contributed by atoms with van der Waals surface area (Å²) >= 11 is 0. The van der Waals surface area contributed by atoms with Crippen LogP contribution in [0.2, 0.25) is 0 Å². The highest BCUT2D eigenvalue weighted by Gasteiger charge is 2.28. The molecule has 22 heavy (non-hydrogen) atoms. The van der Waals surface area contributed by atoms with Crippen molar-refractivity contribution in [2.45, 2.75) is 12.8 Å². The fourth-order valence-corrected chi connectivity index (χ4v) is 3.55. The molecule has 1 atom stereocenters. The third-order valence-electron chi connectivity index (χ3n) is 4.59. The van der Waals surface area contributed by atoms with Gasteiger partial charge in [0, 0.05) is 28.8 Å². The van der Waals surface area contributed by atoms with E-state index in [-0.39, 0.29) is 11.7 Å². The average molecular weight is 293 g/mol. The summed E-state index contributed by atoms with van der Waals surface area (Å²) in [4.78, 5) is 14.8. The highest BCUT2D eigenvalue weighted by Crippen LogP contribution is 2.34. The van der Waals surface area contributed by atoms with Crippen LogP contribution in [0, 0.1) is 5.92 Å². The summed E-state index contributed by atoms with van der Waals surface area (Å²) in [7, 11) is 4.04. The third-order valence-corrected chi connectivity index (χ3v) is 4.59. The fourth-order valence-electron chi connectivity index (χ4n) is 3.55. The third kappa shape index (κ3) is 2.04. The highest BCUT2D eigenvalue weighted by atomic mass is 16.3. The Morgan fingerprint density at radius 2 is 1.95 bits per heavy atom. The zero-order chi connectivity index (χ0) is 15.3. The molecular formula is C19H19NO2. The summed E-state index contributed by atoms with van der Waals surface area (Å²) in [5, 5.41) is 2.25. The van der Waals surface area contributed by atoms with E-state index in [4.69, 9.17) is 4.42 Å². The Kier molecular flexibility index (Phi) is 3.05. The van der Waals surface area contributed by atoms with Crippen molar-refractivity contribution in [3.05, 3.63) is 47.5 Å². The maximum absolute atomic E-state index is 12.7. The van der Waals surface area contributed by atoms with Crippen molar-refractivity contribution in [3.8, 4) is 0 Å². The van der Waals surface area contributed by atoms with E-state index in [0.29, 0.717) is 0 Å². The van der Waals surface area contributed by atoms with Crippen molar-refractivity contribution in [2.24, 2.45) is 5.92 Å². The summed E-state index contributed by atoms with van der Waals surface area (Å²) in [5.41, 5.74) is 3.72. The molecule has 1 aromatic heterocycles. The van der Waals surface area contributed by atoms with Crippen molar-refractivity contribution in [1.29, 1.82) is 0 Å². The van der Waals surface area contributed by atoms with Crippen LogP contribution >= 0.6 is 0 Å². The summed E-state index contributed by atoms with van der Waals surface area (Å²) in [5.74, 6) is 0.363. The van der Waals surface area contributed by atoms with Gasteiger partial charge in [0.2, 0.25) is 0 Å². The second kappa shape index (κ2) is 4.96. The Hall–Kier alpha value is -2.13. The minimum Gasteiger partial charge on any atom is -0.456 e. The highest BCUT2D eigenvalue weighted by molar-refractivity contribution is 6.09. The molecule has 3 nitrogen and oxygen atoms in total. The van der Waals surface area contributed by atoms with Gasteiger partial charge in [-0.25, -0.2) is 0 Å². The molecule has 112 valence electrons. The molecule has 0 amide bonds. The Labute approximate surface area is 129 Å². The summed E-state index contributed by atoms with van der Waals surface area (Å²) in [6.07, 6.45) is 1.90. The first kappa shape index (κ1) is 13.5. The molecule has 0 aliphatic heterocycles. The average Bonchev–Trinajstić information content (AvgIpc) is 2.86. The van der Waals surface area contributed by atoms with Crippen molar-refractivity contribution in [2.75, 3.05) is 20.6 Å². The lowest BCUT2D eigenvalue weighted by atomic mass is 9.82. The molecule has 0 saturated carbocycles. The largest absolute Gasteiger partial charge is 0.456 e. The van der Waals surface area contributed by atoms with Crippen LogP contribution in [0.4, 0.5) is 0 Å². The van der Waals surface area contributed by atoms with Gasteiger partial charge >= 0.3 is 0 Å². The first-order valence-electron chi connectivity index (χ1n) is 7.76. The van der Waals surface area contributed by atoms with Crippen LogP contribution in [0.1, 0.15) is 22.3 Å². The Morgan fingerprint density at radius 3 is 2.77 bits per heavy atom. The van der Waals surface area contributed by atoms with Crippen molar-refractivity contribution < 1.29 is 9.21 Å². The van der Waals surface area contributed by atoms with Gasteiger partial charge in [-0.2, -0.15) is 0 Å². The van der Waals surface area contributed by atoms with E-state index in [0.717, 1.165) is 46.9 Å². The second-order valence-corrected chi connectivity index (χ2v) is 6.47. The Bertz CT molecular complexity index is 876. The molecule has 0 N–H and O–H groups in total. The molecule has 3 heteroatoms. The molecule has 0 fully saturated rings. The molecule has 1 aliphatic rings. The topological polar surface area (TPSA) is 33.5 Å². The molecule has 3 aromatic rings. The van der Waals surface area contributed by atoms with Gasteiger partial charge in [0.05, 0.1) is 0 Å². The number of rotatable bonds is 2. The number of carbonyl (C=O) groups is 1. The van der Waals surface area contributed by atoms with Crippen LogP contribution in [-0.4, -0.2) is 31.3 Å². The van der Waals surface area contributed by atoms with Gasteiger partial charge in [-0.3, -0.25) is 4.79 Å². The van der Waals surface area contributed by atoms with E-state index in [1.54, 1.807) is 0 Å². The number of carbonyl (C=O) groups excluding carboxylic acids is 1. The Balaban J connectivity index is 1.86. The van der Waals surface area contributed by atoms with Crippen molar-refractivity contribution >= 4 is 27.7 Å². The molecule has 4 rings (SSSR count). The van der Waals surface area contributed by atoms with Crippen LogP contribution < -0.4 is 0 Å². The molecule has 0 radical (unpaired) electrons. The van der Waals surface area contributed by atoms with Crippen molar-refractivity contribution in [3.63, 3.8) is 0 Å². The number of hydrogen-bond donors (Lipinski definition) is 0. The number of benzene rings is 2. The van der Waals surface area contributed by atoms with Gasteiger partial charge in [-0.15, -0.1) is 0 Å². The van der Waals surface area contributed by atoms with Gasteiger partial charge in [0.1, 0.15) is 11.2 Å². The number of para-hydroxylation sites is 1. The SMILES string of the molecule is CN(C)CC1CCc2cc3c(cc2C1=O)oc1ccccc13. The maximum Gasteiger partial charge on any atom is 0.167 e. The first-order chi connectivity index (χ1) is 10.6. The van der Waals surface area contributed by atoms with Crippen LogP contribution in [0.25, 0.3) is 21.9 Å². The van der Waals surface area contributed by atoms with Gasteiger partial charge < -0.3 is 9.32 Å². The number of Topliss-reactive ketones (excluding diaryl/α,β-unsaturated/α-hetero) is 1. The molecule has 0 saturated heterocycles. The van der Waals surface area contributed by atoms with Gasteiger partial charge in [0.25, 0.3) is 0 Å². The monoisotopic (exact) mass is 293 g/mol. The second-order valence-electron chi connectivity index (χ2n) is 6.47. The molecule has 2 aromatic carbocycles. The van der Waals surface area contributed by atoms with Crippen LogP contribution in [0.5, 0.6) is 0 Å². The fraction of sp³-hybridized carbons (Fsp3) is 0.316. The lowest BCUT2D eigenvalue weighted by Crippen LogP contribution is -2.31. The van der Waals surface area contributed by atoms with Gasteiger partial charge in [-0.1, -0.05) is 18.2 Å². The molecule has 1 heterocycles. The van der Waals surface area contributed by atoms with Crippen LogP contribution in [0.3, 0.4) is 0 Å².